The first-order chi connectivity index (χ1) is 8.27. The highest BCUT2D eigenvalue weighted by Gasteiger charge is 2.20. The third-order valence-electron chi connectivity index (χ3n) is 2.70. The highest BCUT2D eigenvalue weighted by atomic mass is 32.1. The molecule has 0 amide bonds. The zero-order valence-electron chi connectivity index (χ0n) is 9.69. The molecule has 0 bridgehead atoms. The number of hydrogen-bond acceptors (Lipinski definition) is 4. The van der Waals surface area contributed by atoms with Crippen molar-refractivity contribution in [2.75, 3.05) is 25.1 Å². The molecule has 0 aromatic carbocycles. The summed E-state index contributed by atoms with van der Waals surface area (Å²) in [5, 5.41) is 3.23. The molecule has 1 aliphatic carbocycles. The lowest BCUT2D eigenvalue weighted by Gasteiger charge is -2.10. The molecule has 1 fully saturated rings. The molecule has 4 nitrogen and oxygen atoms in total. The number of ether oxygens (including phenoxy) is 1. The van der Waals surface area contributed by atoms with Crippen LogP contribution in [0.15, 0.2) is 18.5 Å². The monoisotopic (exact) mass is 251 g/mol. The van der Waals surface area contributed by atoms with Crippen molar-refractivity contribution < 1.29 is 4.74 Å². The third-order valence-corrected chi connectivity index (χ3v) is 2.92. The van der Waals surface area contributed by atoms with Gasteiger partial charge in [0, 0.05) is 24.9 Å². The Morgan fingerprint density at radius 2 is 2.41 bits per heavy atom. The Bertz CT molecular complexity index is 393. The lowest BCUT2D eigenvalue weighted by Crippen LogP contribution is -2.16. The fourth-order valence-corrected chi connectivity index (χ4v) is 1.72. The molecule has 17 heavy (non-hydrogen) atoms. The van der Waals surface area contributed by atoms with E-state index in [0.29, 0.717) is 11.6 Å². The van der Waals surface area contributed by atoms with Gasteiger partial charge in [-0.2, -0.15) is 0 Å². The summed E-state index contributed by atoms with van der Waals surface area (Å²) in [6, 6.07) is 1.82. The summed E-state index contributed by atoms with van der Waals surface area (Å²) in [6.45, 7) is 2.33. The number of nitrogens with one attached hydrogen (secondary N) is 1. The molecule has 0 aliphatic heterocycles. The third kappa shape index (κ3) is 3.94. The molecule has 3 N–H and O–H groups in total. The topological polar surface area (TPSA) is 60.2 Å². The van der Waals surface area contributed by atoms with Crippen molar-refractivity contribution in [3.8, 4) is 0 Å². The number of aromatic nitrogens is 1. The summed E-state index contributed by atoms with van der Waals surface area (Å²) < 4.78 is 5.53. The Labute approximate surface area is 107 Å². The number of thiocarbonyl (C=S) groups is 1. The standard InChI is InChI=1S/C12H17N3OS/c13-12(17)10-3-4-14-7-11(10)15-5-6-16-8-9-1-2-9/h3-4,7,9,15H,1-2,5-6,8H2,(H2,13,17). The maximum atomic E-state index is 5.63. The van der Waals surface area contributed by atoms with Crippen LogP contribution in [0.25, 0.3) is 0 Å². The lowest BCUT2D eigenvalue weighted by molar-refractivity contribution is 0.134. The SMILES string of the molecule is NC(=S)c1ccncc1NCCOCC1CC1. The van der Waals surface area contributed by atoms with Crippen LogP contribution in [0.3, 0.4) is 0 Å². The van der Waals surface area contributed by atoms with E-state index in [4.69, 9.17) is 22.7 Å². The number of rotatable bonds is 7. The van der Waals surface area contributed by atoms with Crippen LogP contribution in [0.1, 0.15) is 18.4 Å². The molecule has 5 heteroatoms. The van der Waals surface area contributed by atoms with Gasteiger partial charge < -0.3 is 15.8 Å². The van der Waals surface area contributed by atoms with E-state index in [-0.39, 0.29) is 0 Å². The Kier molecular flexibility index (Phi) is 4.28. The molecule has 1 aromatic rings. The second kappa shape index (κ2) is 5.93. The van der Waals surface area contributed by atoms with Crippen molar-refractivity contribution in [1.29, 1.82) is 0 Å². The molecular formula is C12H17N3OS. The summed E-state index contributed by atoms with van der Waals surface area (Å²) in [7, 11) is 0. The van der Waals surface area contributed by atoms with Crippen molar-refractivity contribution in [1.82, 2.24) is 4.98 Å². The Morgan fingerprint density at radius 3 is 3.12 bits per heavy atom. The normalized spacial score (nSPS) is 14.6. The molecule has 0 atom stereocenters. The highest BCUT2D eigenvalue weighted by molar-refractivity contribution is 7.80. The molecule has 0 saturated heterocycles. The van der Waals surface area contributed by atoms with Gasteiger partial charge in [-0.1, -0.05) is 12.2 Å². The maximum Gasteiger partial charge on any atom is 0.106 e. The zero-order valence-corrected chi connectivity index (χ0v) is 10.5. The van der Waals surface area contributed by atoms with Gasteiger partial charge in [0.2, 0.25) is 0 Å². The number of hydrogen-bond donors (Lipinski definition) is 2. The number of nitrogens with two attached hydrogens (primary N) is 1. The zero-order chi connectivity index (χ0) is 12.1. The quantitative estimate of drug-likeness (QED) is 0.569. The van der Waals surface area contributed by atoms with E-state index in [2.05, 4.69) is 10.3 Å². The first kappa shape index (κ1) is 12.3. The van der Waals surface area contributed by atoms with Crippen molar-refractivity contribution >= 4 is 22.9 Å². The average Bonchev–Trinajstić information content (AvgIpc) is 3.13. The highest BCUT2D eigenvalue weighted by Crippen LogP contribution is 2.28. The van der Waals surface area contributed by atoms with E-state index in [9.17, 15) is 0 Å². The summed E-state index contributed by atoms with van der Waals surface area (Å²) in [6.07, 6.45) is 6.06. The minimum absolute atomic E-state index is 0.383. The van der Waals surface area contributed by atoms with Gasteiger partial charge in [-0.25, -0.2) is 0 Å². The fourth-order valence-electron chi connectivity index (χ4n) is 1.54. The molecule has 1 aliphatic rings. The van der Waals surface area contributed by atoms with Crippen molar-refractivity contribution in [2.24, 2.45) is 11.7 Å². The summed E-state index contributed by atoms with van der Waals surface area (Å²) >= 11 is 4.97. The predicted molar refractivity (Wildman–Crippen MR) is 72.2 cm³/mol. The van der Waals surface area contributed by atoms with E-state index in [1.807, 2.05) is 6.07 Å². The van der Waals surface area contributed by atoms with E-state index >= 15 is 0 Å². The fraction of sp³-hybridized carbons (Fsp3) is 0.500. The molecule has 1 aromatic heterocycles. The Morgan fingerprint density at radius 1 is 1.59 bits per heavy atom. The van der Waals surface area contributed by atoms with Crippen LogP contribution in [0.5, 0.6) is 0 Å². The molecule has 0 unspecified atom stereocenters. The van der Waals surface area contributed by atoms with Crippen LogP contribution < -0.4 is 11.1 Å². The first-order valence-corrected chi connectivity index (χ1v) is 6.23. The van der Waals surface area contributed by atoms with Gasteiger partial charge in [-0.05, 0) is 24.8 Å². The molecule has 1 heterocycles. The van der Waals surface area contributed by atoms with Crippen LogP contribution in [0, 0.1) is 5.92 Å². The minimum atomic E-state index is 0.383. The van der Waals surface area contributed by atoms with Crippen molar-refractivity contribution in [2.45, 2.75) is 12.8 Å². The summed E-state index contributed by atoms with van der Waals surface area (Å²) in [4.78, 5) is 4.43. The second-order valence-electron chi connectivity index (χ2n) is 4.23. The van der Waals surface area contributed by atoms with Gasteiger partial charge >= 0.3 is 0 Å². The van der Waals surface area contributed by atoms with E-state index in [0.717, 1.165) is 30.3 Å². The molecule has 92 valence electrons. The molecule has 2 rings (SSSR count). The Hall–Kier alpha value is -1.20. The smallest absolute Gasteiger partial charge is 0.106 e. The van der Waals surface area contributed by atoms with Crippen LogP contribution >= 0.6 is 12.2 Å². The van der Waals surface area contributed by atoms with Gasteiger partial charge in [0.05, 0.1) is 18.5 Å². The lowest BCUT2D eigenvalue weighted by atomic mass is 10.2. The molecular weight excluding hydrogens is 234 g/mol. The van der Waals surface area contributed by atoms with E-state index in [1.165, 1.54) is 12.8 Å². The van der Waals surface area contributed by atoms with Crippen LogP contribution in [-0.4, -0.2) is 29.7 Å². The van der Waals surface area contributed by atoms with Gasteiger partial charge in [-0.15, -0.1) is 0 Å². The van der Waals surface area contributed by atoms with Crippen LogP contribution in [0.4, 0.5) is 5.69 Å². The van der Waals surface area contributed by atoms with Crippen LogP contribution in [0.2, 0.25) is 0 Å². The average molecular weight is 251 g/mol. The summed E-state index contributed by atoms with van der Waals surface area (Å²) in [5.74, 6) is 0.806. The van der Waals surface area contributed by atoms with Gasteiger partial charge in [0.25, 0.3) is 0 Å². The van der Waals surface area contributed by atoms with Gasteiger partial charge in [0.15, 0.2) is 0 Å². The first-order valence-electron chi connectivity index (χ1n) is 5.83. The number of pyridine rings is 1. The van der Waals surface area contributed by atoms with E-state index in [1.54, 1.807) is 12.4 Å². The molecule has 0 radical (unpaired) electrons. The predicted octanol–water partition coefficient (Wildman–Crippen LogP) is 1.55. The minimum Gasteiger partial charge on any atom is -0.389 e. The number of anilines is 1. The Balaban J connectivity index is 1.75. The largest absolute Gasteiger partial charge is 0.389 e. The van der Waals surface area contributed by atoms with Gasteiger partial charge in [-0.3, -0.25) is 4.98 Å². The van der Waals surface area contributed by atoms with E-state index < -0.39 is 0 Å². The number of nitrogens with zero attached hydrogens (tertiary/aromatic N) is 1. The van der Waals surface area contributed by atoms with Crippen molar-refractivity contribution in [3.63, 3.8) is 0 Å². The van der Waals surface area contributed by atoms with Crippen LogP contribution in [-0.2, 0) is 4.74 Å². The molecule has 0 spiro atoms. The second-order valence-corrected chi connectivity index (χ2v) is 4.67. The van der Waals surface area contributed by atoms with Crippen molar-refractivity contribution in [3.05, 3.63) is 24.0 Å². The maximum absolute atomic E-state index is 5.63. The van der Waals surface area contributed by atoms with Gasteiger partial charge in [0.1, 0.15) is 4.99 Å². The summed E-state index contributed by atoms with van der Waals surface area (Å²) in [5.41, 5.74) is 7.33. The molecule has 1 saturated carbocycles.